The first-order valence-corrected chi connectivity index (χ1v) is 6.39. The summed E-state index contributed by atoms with van der Waals surface area (Å²) in [6.07, 6.45) is 0. The monoisotopic (exact) mass is 299 g/mol. The smallest absolute Gasteiger partial charge is 0.125 e. The van der Waals surface area contributed by atoms with Crippen LogP contribution in [-0.4, -0.2) is 10.9 Å². The summed E-state index contributed by atoms with van der Waals surface area (Å²) in [5.74, 6) is 0. The molecule has 0 atom stereocenters. The average Bonchev–Trinajstić information content (AvgIpc) is 2.71. The Bertz CT molecular complexity index is 659. The zero-order chi connectivity index (χ0) is 12.5. The number of oxime groups is 1. The summed E-state index contributed by atoms with van der Waals surface area (Å²) < 4.78 is 0.831. The van der Waals surface area contributed by atoms with Crippen molar-refractivity contribution in [3.8, 4) is 0 Å². The Labute approximate surface area is 113 Å². The van der Waals surface area contributed by atoms with Crippen molar-refractivity contribution in [1.82, 2.24) is 0 Å². The zero-order valence-corrected chi connectivity index (χ0v) is 11.1. The summed E-state index contributed by atoms with van der Waals surface area (Å²) in [5.41, 5.74) is 4.80. The van der Waals surface area contributed by atoms with Crippen molar-refractivity contribution in [3.63, 3.8) is 0 Å². The normalized spacial score (nSPS) is 16.2. The SMILES string of the molecule is O/N=C1/C(Br)=C(c2ccccc2)c2ccccc21. The van der Waals surface area contributed by atoms with Gasteiger partial charge in [-0.1, -0.05) is 59.8 Å². The lowest BCUT2D eigenvalue weighted by molar-refractivity contribution is 0.320. The Morgan fingerprint density at radius 3 is 2.11 bits per heavy atom. The molecule has 0 saturated carbocycles. The van der Waals surface area contributed by atoms with Crippen molar-refractivity contribution >= 4 is 27.2 Å². The molecule has 0 saturated heterocycles. The fourth-order valence-electron chi connectivity index (χ4n) is 2.25. The van der Waals surface area contributed by atoms with Crippen LogP contribution in [0.2, 0.25) is 0 Å². The van der Waals surface area contributed by atoms with E-state index < -0.39 is 0 Å². The van der Waals surface area contributed by atoms with E-state index in [1.807, 2.05) is 54.6 Å². The molecule has 0 radical (unpaired) electrons. The van der Waals surface area contributed by atoms with Crippen molar-refractivity contribution < 1.29 is 5.21 Å². The Morgan fingerprint density at radius 2 is 1.44 bits per heavy atom. The molecule has 0 bridgehead atoms. The van der Waals surface area contributed by atoms with Gasteiger partial charge in [0.1, 0.15) is 5.71 Å². The minimum Gasteiger partial charge on any atom is -0.410 e. The summed E-state index contributed by atoms with van der Waals surface area (Å²) in [7, 11) is 0. The van der Waals surface area contributed by atoms with Gasteiger partial charge < -0.3 is 5.21 Å². The summed E-state index contributed by atoms with van der Waals surface area (Å²) in [6.45, 7) is 0. The van der Waals surface area contributed by atoms with Crippen LogP contribution < -0.4 is 0 Å². The summed E-state index contributed by atoms with van der Waals surface area (Å²) in [5, 5.41) is 12.6. The molecule has 2 aromatic rings. The minimum absolute atomic E-state index is 0.587. The zero-order valence-electron chi connectivity index (χ0n) is 9.47. The Hall–Kier alpha value is -1.87. The Morgan fingerprint density at radius 1 is 0.833 bits per heavy atom. The number of hydrogen-bond donors (Lipinski definition) is 1. The molecule has 2 aromatic carbocycles. The predicted octanol–water partition coefficient (Wildman–Crippen LogP) is 4.03. The van der Waals surface area contributed by atoms with Crippen LogP contribution in [0, 0.1) is 0 Å². The maximum atomic E-state index is 9.17. The molecule has 1 aliphatic rings. The molecule has 0 unspecified atom stereocenters. The number of allylic oxidation sites excluding steroid dienone is 1. The van der Waals surface area contributed by atoms with Crippen LogP contribution in [0.5, 0.6) is 0 Å². The minimum atomic E-state index is 0.587. The first-order chi connectivity index (χ1) is 8.83. The van der Waals surface area contributed by atoms with Crippen LogP contribution in [0.15, 0.2) is 64.2 Å². The molecule has 2 nitrogen and oxygen atoms in total. The van der Waals surface area contributed by atoms with Gasteiger partial charge in [-0.05, 0) is 27.1 Å². The molecule has 3 heteroatoms. The van der Waals surface area contributed by atoms with Gasteiger partial charge in [-0.3, -0.25) is 0 Å². The third-order valence-electron chi connectivity index (χ3n) is 3.04. The van der Waals surface area contributed by atoms with E-state index in [4.69, 9.17) is 0 Å². The molecule has 0 amide bonds. The van der Waals surface area contributed by atoms with Gasteiger partial charge in [0.2, 0.25) is 0 Å². The van der Waals surface area contributed by atoms with E-state index >= 15 is 0 Å². The Balaban J connectivity index is 2.29. The molecule has 0 heterocycles. The third-order valence-corrected chi connectivity index (χ3v) is 3.81. The number of benzene rings is 2. The first kappa shape index (κ1) is 11.2. The number of hydrogen-bond acceptors (Lipinski definition) is 2. The lowest BCUT2D eigenvalue weighted by Gasteiger charge is -2.05. The maximum Gasteiger partial charge on any atom is 0.125 e. The molecule has 1 N–H and O–H groups in total. The molecule has 18 heavy (non-hydrogen) atoms. The topological polar surface area (TPSA) is 32.6 Å². The second kappa shape index (κ2) is 4.42. The fourth-order valence-corrected chi connectivity index (χ4v) is 2.98. The number of halogens is 1. The van der Waals surface area contributed by atoms with Crippen LogP contribution in [-0.2, 0) is 0 Å². The van der Waals surface area contributed by atoms with Crippen molar-refractivity contribution in [3.05, 3.63) is 75.8 Å². The van der Waals surface area contributed by atoms with Gasteiger partial charge in [-0.25, -0.2) is 0 Å². The van der Waals surface area contributed by atoms with Gasteiger partial charge in [0.25, 0.3) is 0 Å². The van der Waals surface area contributed by atoms with E-state index in [1.165, 1.54) is 0 Å². The van der Waals surface area contributed by atoms with Crippen LogP contribution in [0.25, 0.3) is 5.57 Å². The maximum absolute atomic E-state index is 9.17. The molecule has 0 spiro atoms. The average molecular weight is 300 g/mol. The van der Waals surface area contributed by atoms with E-state index in [2.05, 4.69) is 21.1 Å². The van der Waals surface area contributed by atoms with Gasteiger partial charge in [-0.2, -0.15) is 0 Å². The van der Waals surface area contributed by atoms with Crippen molar-refractivity contribution in [2.24, 2.45) is 5.16 Å². The second-order valence-corrected chi connectivity index (χ2v) is 4.84. The highest BCUT2D eigenvalue weighted by Gasteiger charge is 2.27. The second-order valence-electron chi connectivity index (χ2n) is 4.05. The first-order valence-electron chi connectivity index (χ1n) is 5.60. The lowest BCUT2D eigenvalue weighted by Crippen LogP contribution is -1.95. The number of rotatable bonds is 1. The molecule has 0 fully saturated rings. The summed E-state index contributed by atoms with van der Waals surface area (Å²) in [6, 6.07) is 18.0. The van der Waals surface area contributed by atoms with Gasteiger partial charge in [0, 0.05) is 11.1 Å². The van der Waals surface area contributed by atoms with E-state index in [0.717, 1.165) is 26.7 Å². The molecule has 1 aliphatic carbocycles. The molecule has 88 valence electrons. The predicted molar refractivity (Wildman–Crippen MR) is 76.2 cm³/mol. The van der Waals surface area contributed by atoms with Gasteiger partial charge >= 0.3 is 0 Å². The highest BCUT2D eigenvalue weighted by atomic mass is 79.9. The fraction of sp³-hybridized carbons (Fsp3) is 0. The van der Waals surface area contributed by atoms with Crippen molar-refractivity contribution in [2.45, 2.75) is 0 Å². The van der Waals surface area contributed by atoms with Crippen LogP contribution in [0.1, 0.15) is 16.7 Å². The summed E-state index contributed by atoms with van der Waals surface area (Å²) >= 11 is 3.54. The highest BCUT2D eigenvalue weighted by Crippen LogP contribution is 2.40. The quantitative estimate of drug-likeness (QED) is 0.626. The van der Waals surface area contributed by atoms with E-state index in [0.29, 0.717) is 5.71 Å². The standard InChI is InChI=1S/C15H10BrNO/c16-14-13(10-6-2-1-3-7-10)11-8-4-5-9-12(11)15(14)17-18/h1-9,18H/b17-15+. The Kier molecular flexibility index (Phi) is 2.76. The number of nitrogens with zero attached hydrogens (tertiary/aromatic N) is 1. The third kappa shape index (κ3) is 1.59. The van der Waals surface area contributed by atoms with E-state index in [9.17, 15) is 5.21 Å². The highest BCUT2D eigenvalue weighted by molar-refractivity contribution is 9.12. The van der Waals surface area contributed by atoms with Gasteiger partial charge in [0.15, 0.2) is 0 Å². The number of fused-ring (bicyclic) bond motifs is 1. The van der Waals surface area contributed by atoms with Crippen molar-refractivity contribution in [1.29, 1.82) is 0 Å². The lowest BCUT2D eigenvalue weighted by atomic mass is 9.99. The van der Waals surface area contributed by atoms with Crippen LogP contribution >= 0.6 is 15.9 Å². The van der Waals surface area contributed by atoms with E-state index in [1.54, 1.807) is 0 Å². The van der Waals surface area contributed by atoms with Crippen molar-refractivity contribution in [2.75, 3.05) is 0 Å². The molecular formula is C15H10BrNO. The van der Waals surface area contributed by atoms with Gasteiger partial charge in [0.05, 0.1) is 4.48 Å². The molecule has 0 aromatic heterocycles. The molecule has 3 rings (SSSR count). The summed E-state index contributed by atoms with van der Waals surface area (Å²) in [4.78, 5) is 0. The molecular weight excluding hydrogens is 290 g/mol. The van der Waals surface area contributed by atoms with Crippen LogP contribution in [0.4, 0.5) is 0 Å². The van der Waals surface area contributed by atoms with E-state index in [-0.39, 0.29) is 0 Å². The van der Waals surface area contributed by atoms with Crippen LogP contribution in [0.3, 0.4) is 0 Å². The molecule has 0 aliphatic heterocycles. The largest absolute Gasteiger partial charge is 0.410 e. The van der Waals surface area contributed by atoms with Gasteiger partial charge in [-0.15, -0.1) is 0 Å².